The van der Waals surface area contributed by atoms with Crippen LogP contribution < -0.4 is 4.74 Å². The summed E-state index contributed by atoms with van der Waals surface area (Å²) in [6, 6.07) is 6.22. The predicted molar refractivity (Wildman–Crippen MR) is 67.1 cm³/mol. The van der Waals surface area contributed by atoms with Gasteiger partial charge in [0.25, 0.3) is 0 Å². The summed E-state index contributed by atoms with van der Waals surface area (Å²) in [7, 11) is 0. The van der Waals surface area contributed by atoms with Crippen molar-refractivity contribution >= 4 is 5.97 Å². The number of halogens is 1. The largest absolute Gasteiger partial charge is 0.477 e. The summed E-state index contributed by atoms with van der Waals surface area (Å²) in [6.07, 6.45) is 1.42. The predicted octanol–water partition coefficient (Wildman–Crippen LogP) is 3.33. The lowest BCUT2D eigenvalue weighted by molar-refractivity contribution is 0.0692. The molecule has 2 rings (SSSR count). The Morgan fingerprint density at radius 3 is 2.68 bits per heavy atom. The van der Waals surface area contributed by atoms with E-state index in [4.69, 9.17) is 9.84 Å². The first-order valence-corrected chi connectivity index (χ1v) is 5.62. The number of rotatable bonds is 3. The summed E-state index contributed by atoms with van der Waals surface area (Å²) in [5.41, 5.74) is 0.857. The van der Waals surface area contributed by atoms with Gasteiger partial charge in [-0.2, -0.15) is 0 Å². The van der Waals surface area contributed by atoms with Crippen LogP contribution >= 0.6 is 0 Å². The molecule has 1 aromatic carbocycles. The van der Waals surface area contributed by atoms with E-state index < -0.39 is 11.8 Å². The Kier molecular flexibility index (Phi) is 3.46. The van der Waals surface area contributed by atoms with Crippen LogP contribution in [0.5, 0.6) is 11.6 Å². The Labute approximate surface area is 109 Å². The van der Waals surface area contributed by atoms with Gasteiger partial charge < -0.3 is 9.84 Å². The van der Waals surface area contributed by atoms with Gasteiger partial charge in [0, 0.05) is 6.20 Å². The van der Waals surface area contributed by atoms with E-state index >= 15 is 0 Å². The quantitative estimate of drug-likeness (QED) is 0.920. The molecular formula is C14H12FNO3. The molecule has 2 aromatic rings. The van der Waals surface area contributed by atoms with E-state index in [2.05, 4.69) is 4.98 Å². The van der Waals surface area contributed by atoms with Crippen molar-refractivity contribution in [1.82, 2.24) is 4.98 Å². The van der Waals surface area contributed by atoms with Crippen LogP contribution in [0, 0.1) is 19.7 Å². The van der Waals surface area contributed by atoms with Gasteiger partial charge >= 0.3 is 5.97 Å². The number of carboxylic acid groups (broad SMARTS) is 1. The van der Waals surface area contributed by atoms with Crippen LogP contribution in [0.25, 0.3) is 0 Å². The zero-order valence-electron chi connectivity index (χ0n) is 10.5. The lowest BCUT2D eigenvalue weighted by Crippen LogP contribution is -2.05. The Morgan fingerprint density at radius 1 is 1.26 bits per heavy atom. The van der Waals surface area contributed by atoms with Crippen molar-refractivity contribution in [2.45, 2.75) is 13.8 Å². The van der Waals surface area contributed by atoms with Crippen LogP contribution in [-0.2, 0) is 0 Å². The molecule has 98 valence electrons. The number of aromatic nitrogens is 1. The molecule has 1 N–H and O–H groups in total. The number of hydrogen-bond acceptors (Lipinski definition) is 3. The zero-order chi connectivity index (χ0) is 14.0. The van der Waals surface area contributed by atoms with Crippen molar-refractivity contribution in [2.24, 2.45) is 0 Å². The van der Waals surface area contributed by atoms with E-state index in [1.807, 2.05) is 0 Å². The number of benzene rings is 1. The maximum atomic E-state index is 13.8. The number of carbonyl (C=O) groups is 1. The van der Waals surface area contributed by atoms with Gasteiger partial charge in [-0.05, 0) is 37.1 Å². The SMILES string of the molecule is Cc1cccc(Oc2nccc(C)c2C(=O)O)c1F. The van der Waals surface area contributed by atoms with Crippen LogP contribution in [0.2, 0.25) is 0 Å². The lowest BCUT2D eigenvalue weighted by Gasteiger charge is -2.10. The highest BCUT2D eigenvalue weighted by atomic mass is 19.1. The van der Waals surface area contributed by atoms with Gasteiger partial charge in [0.2, 0.25) is 5.88 Å². The third kappa shape index (κ3) is 2.54. The van der Waals surface area contributed by atoms with Gasteiger partial charge in [0.1, 0.15) is 5.56 Å². The fourth-order valence-corrected chi connectivity index (χ4v) is 1.67. The second-order valence-corrected chi connectivity index (χ2v) is 4.10. The maximum absolute atomic E-state index is 13.8. The van der Waals surface area contributed by atoms with Crippen LogP contribution in [0.3, 0.4) is 0 Å². The number of aromatic carboxylic acids is 1. The van der Waals surface area contributed by atoms with Gasteiger partial charge in [0.15, 0.2) is 11.6 Å². The van der Waals surface area contributed by atoms with E-state index in [1.54, 1.807) is 32.0 Å². The number of nitrogens with zero attached hydrogens (tertiary/aromatic N) is 1. The molecule has 0 saturated heterocycles. The minimum Gasteiger partial charge on any atom is -0.477 e. The smallest absolute Gasteiger partial charge is 0.341 e. The second-order valence-electron chi connectivity index (χ2n) is 4.10. The van der Waals surface area contributed by atoms with Crippen molar-refractivity contribution in [3.05, 3.63) is 53.0 Å². The average molecular weight is 261 g/mol. The van der Waals surface area contributed by atoms with Crippen molar-refractivity contribution in [3.8, 4) is 11.6 Å². The fourth-order valence-electron chi connectivity index (χ4n) is 1.67. The third-order valence-corrected chi connectivity index (χ3v) is 2.70. The highest BCUT2D eigenvalue weighted by Gasteiger charge is 2.18. The van der Waals surface area contributed by atoms with Crippen LogP contribution in [-0.4, -0.2) is 16.1 Å². The minimum atomic E-state index is -1.16. The molecule has 0 saturated carbocycles. The maximum Gasteiger partial charge on any atom is 0.341 e. The van der Waals surface area contributed by atoms with Crippen molar-refractivity contribution in [1.29, 1.82) is 0 Å². The van der Waals surface area contributed by atoms with Gasteiger partial charge in [-0.1, -0.05) is 12.1 Å². The summed E-state index contributed by atoms with van der Waals surface area (Å²) < 4.78 is 19.1. The van der Waals surface area contributed by atoms with Gasteiger partial charge in [0.05, 0.1) is 0 Å². The van der Waals surface area contributed by atoms with E-state index in [0.717, 1.165) is 0 Å². The van der Waals surface area contributed by atoms with Crippen molar-refractivity contribution in [2.75, 3.05) is 0 Å². The second kappa shape index (κ2) is 5.06. The van der Waals surface area contributed by atoms with E-state index in [1.165, 1.54) is 12.3 Å². The zero-order valence-corrected chi connectivity index (χ0v) is 10.5. The molecule has 0 aliphatic rings. The minimum absolute atomic E-state index is 0.0411. The molecule has 0 aliphatic carbocycles. The van der Waals surface area contributed by atoms with E-state index in [9.17, 15) is 9.18 Å². The van der Waals surface area contributed by atoms with E-state index in [0.29, 0.717) is 11.1 Å². The lowest BCUT2D eigenvalue weighted by atomic mass is 10.1. The standard InChI is InChI=1S/C14H12FNO3/c1-8-6-7-16-13(11(8)14(17)18)19-10-5-3-4-9(2)12(10)15/h3-7H,1-2H3,(H,17,18). The molecule has 1 aromatic heterocycles. The van der Waals surface area contributed by atoms with Crippen molar-refractivity contribution in [3.63, 3.8) is 0 Å². The third-order valence-electron chi connectivity index (χ3n) is 2.70. The molecule has 1 heterocycles. The monoisotopic (exact) mass is 261 g/mol. The van der Waals surface area contributed by atoms with E-state index in [-0.39, 0.29) is 17.2 Å². The van der Waals surface area contributed by atoms with Crippen LogP contribution in [0.15, 0.2) is 30.5 Å². The molecule has 0 fully saturated rings. The first-order valence-electron chi connectivity index (χ1n) is 5.62. The molecule has 0 bridgehead atoms. The summed E-state index contributed by atoms with van der Waals surface area (Å²) >= 11 is 0. The number of ether oxygens (including phenoxy) is 1. The Bertz CT molecular complexity index is 641. The Morgan fingerprint density at radius 2 is 2.00 bits per heavy atom. The van der Waals surface area contributed by atoms with Gasteiger partial charge in [-0.25, -0.2) is 14.2 Å². The Hall–Kier alpha value is -2.43. The fraction of sp³-hybridized carbons (Fsp3) is 0.143. The number of hydrogen-bond donors (Lipinski definition) is 1. The molecule has 0 atom stereocenters. The van der Waals surface area contributed by atoms with Crippen molar-refractivity contribution < 1.29 is 19.0 Å². The molecule has 5 heteroatoms. The first-order chi connectivity index (χ1) is 9.00. The van der Waals surface area contributed by atoms with Gasteiger partial charge in [-0.3, -0.25) is 0 Å². The highest BCUT2D eigenvalue weighted by Crippen LogP contribution is 2.28. The molecule has 0 spiro atoms. The average Bonchev–Trinajstić information content (AvgIpc) is 2.34. The topological polar surface area (TPSA) is 59.4 Å². The summed E-state index contributed by atoms with van der Waals surface area (Å²) in [5, 5.41) is 9.13. The normalized spacial score (nSPS) is 10.3. The molecular weight excluding hydrogens is 249 g/mol. The van der Waals surface area contributed by atoms with Gasteiger partial charge in [-0.15, -0.1) is 0 Å². The summed E-state index contributed by atoms with van der Waals surface area (Å²) in [6.45, 7) is 3.23. The number of carboxylic acids is 1. The molecule has 0 aliphatic heterocycles. The molecule has 0 unspecified atom stereocenters. The Balaban J connectivity index is 2.47. The molecule has 4 nitrogen and oxygen atoms in total. The highest BCUT2D eigenvalue weighted by molar-refractivity contribution is 5.91. The number of pyridine rings is 1. The first kappa shape index (κ1) is 13.0. The summed E-state index contributed by atoms with van der Waals surface area (Å²) in [4.78, 5) is 15.0. The summed E-state index contributed by atoms with van der Waals surface area (Å²) in [5.74, 6) is -1.84. The molecule has 0 amide bonds. The van der Waals surface area contributed by atoms with Crippen LogP contribution in [0.1, 0.15) is 21.5 Å². The molecule has 0 radical (unpaired) electrons. The molecule has 19 heavy (non-hydrogen) atoms. The number of aryl methyl sites for hydroxylation is 2. The van der Waals surface area contributed by atoms with Crippen LogP contribution in [0.4, 0.5) is 4.39 Å².